The molecule has 1 saturated heterocycles. The molecule has 0 amide bonds. The maximum absolute atomic E-state index is 14.9. The quantitative estimate of drug-likeness (QED) is 0.193. The number of nitrogens with zero attached hydrogens (tertiary/aromatic N) is 3. The number of aromatic nitrogens is 2. The third-order valence-electron chi connectivity index (χ3n) is 7.87. The van der Waals surface area contributed by atoms with Gasteiger partial charge < -0.3 is 24.8 Å². The van der Waals surface area contributed by atoms with Crippen molar-refractivity contribution in [2.45, 2.75) is 39.3 Å². The normalized spacial score (nSPS) is 18.5. The number of fused-ring (bicyclic) bond motifs is 3. The largest absolute Gasteiger partial charge is 0.493 e. The number of methoxy groups -OCH3 is 1. The fourth-order valence-electron chi connectivity index (χ4n) is 5.53. The summed E-state index contributed by atoms with van der Waals surface area (Å²) in [4.78, 5) is 8.46. The topological polar surface area (TPSA) is 101 Å². The van der Waals surface area contributed by atoms with Gasteiger partial charge in [0, 0.05) is 35.8 Å². The number of hydrogen-bond donors (Lipinski definition) is 2. The van der Waals surface area contributed by atoms with Gasteiger partial charge in [-0.05, 0) is 56.3 Å². The van der Waals surface area contributed by atoms with Gasteiger partial charge in [-0.3, -0.25) is 4.98 Å². The standard InChI is InChI=1S/C25H19Cl2FN4O3.C7H13N/c1-3-34-23-10-19-16(7-22(23)33-2)25(14(11-29)12-30-19)32-20-9-18(28)21(8-17(20)26)35-13-15-5-4-6-24(27)31-15;1-5-6-2-3-7(5)8-4-6/h4-10,12H,3,13H2,1-2H3,(H,30,32);5-8H,2-4H2,1H3. The monoisotopic (exact) mass is 623 g/mol. The van der Waals surface area contributed by atoms with Crippen molar-refractivity contribution in [3.63, 3.8) is 0 Å². The summed E-state index contributed by atoms with van der Waals surface area (Å²) in [6, 6.07) is 14.0. The zero-order valence-electron chi connectivity index (χ0n) is 24.1. The number of halogens is 3. The fourth-order valence-corrected chi connectivity index (χ4v) is 5.91. The first-order chi connectivity index (χ1) is 20.8. The molecule has 2 aromatic carbocycles. The van der Waals surface area contributed by atoms with Crippen LogP contribution in [0.3, 0.4) is 0 Å². The molecule has 1 aliphatic carbocycles. The molecule has 3 unspecified atom stereocenters. The molecule has 2 N–H and O–H groups in total. The molecule has 1 saturated carbocycles. The van der Waals surface area contributed by atoms with E-state index in [0.717, 1.165) is 17.9 Å². The lowest BCUT2D eigenvalue weighted by molar-refractivity contribution is 0.286. The molecular weight excluding hydrogens is 592 g/mol. The number of benzene rings is 2. The van der Waals surface area contributed by atoms with Crippen molar-refractivity contribution < 1.29 is 18.6 Å². The molecule has 0 spiro atoms. The molecular formula is C32H32Cl2FN5O3. The van der Waals surface area contributed by atoms with Crippen LogP contribution in [0.25, 0.3) is 10.9 Å². The number of hydrogen-bond acceptors (Lipinski definition) is 8. The summed E-state index contributed by atoms with van der Waals surface area (Å²) in [6.07, 6.45) is 4.34. The fraction of sp³-hybridized carbons (Fsp3) is 0.344. The Morgan fingerprint density at radius 2 is 1.95 bits per heavy atom. The second-order valence-corrected chi connectivity index (χ2v) is 11.2. The van der Waals surface area contributed by atoms with Gasteiger partial charge in [-0.25, -0.2) is 9.37 Å². The summed E-state index contributed by atoms with van der Waals surface area (Å²) >= 11 is 12.3. The lowest BCUT2D eigenvalue weighted by atomic mass is 10.0. The number of nitrogens with one attached hydrogen (secondary N) is 2. The SMILES string of the molecule is CC1C2CCC1NC2.CCOc1cc2ncc(C#N)c(Nc3cc(F)c(OCc4cccc(Cl)n4)cc3Cl)c2cc1OC. The molecule has 6 rings (SSSR count). The van der Waals surface area contributed by atoms with Gasteiger partial charge in [0.25, 0.3) is 0 Å². The summed E-state index contributed by atoms with van der Waals surface area (Å²) in [7, 11) is 1.52. The van der Waals surface area contributed by atoms with Gasteiger partial charge in [0.2, 0.25) is 0 Å². The van der Waals surface area contributed by atoms with E-state index in [4.69, 9.17) is 37.4 Å². The second-order valence-electron chi connectivity index (χ2n) is 10.5. The second kappa shape index (κ2) is 13.6. The average molecular weight is 625 g/mol. The van der Waals surface area contributed by atoms with E-state index in [1.54, 1.807) is 30.3 Å². The van der Waals surface area contributed by atoms with Crippen molar-refractivity contribution >= 4 is 45.5 Å². The Bertz CT molecular complexity index is 1640. The van der Waals surface area contributed by atoms with Crippen LogP contribution < -0.4 is 24.8 Å². The molecule has 8 nitrogen and oxygen atoms in total. The predicted molar refractivity (Wildman–Crippen MR) is 166 cm³/mol. The summed E-state index contributed by atoms with van der Waals surface area (Å²) < 4.78 is 31.5. The first kappa shape index (κ1) is 30.6. The van der Waals surface area contributed by atoms with E-state index in [9.17, 15) is 9.65 Å². The number of piperidine rings is 1. The minimum atomic E-state index is -0.646. The molecule has 2 aliphatic rings. The Balaban J connectivity index is 0.000000392. The molecule has 2 aromatic heterocycles. The molecule has 2 fully saturated rings. The van der Waals surface area contributed by atoms with Gasteiger partial charge in [-0.15, -0.1) is 0 Å². The third-order valence-corrected chi connectivity index (χ3v) is 8.40. The highest BCUT2D eigenvalue weighted by atomic mass is 35.5. The van der Waals surface area contributed by atoms with Crippen LogP contribution in [-0.4, -0.2) is 36.3 Å². The summed E-state index contributed by atoms with van der Waals surface area (Å²) in [6.45, 7) is 5.99. The predicted octanol–water partition coefficient (Wildman–Crippen LogP) is 7.68. The van der Waals surface area contributed by atoms with E-state index in [-0.39, 0.29) is 28.6 Å². The molecule has 224 valence electrons. The van der Waals surface area contributed by atoms with Gasteiger partial charge in [-0.1, -0.05) is 36.2 Å². The van der Waals surface area contributed by atoms with Crippen LogP contribution in [0, 0.1) is 29.0 Å². The van der Waals surface area contributed by atoms with E-state index in [1.807, 2.05) is 6.92 Å². The first-order valence-corrected chi connectivity index (χ1v) is 14.8. The Kier molecular flexibility index (Phi) is 9.71. The molecule has 1 aliphatic heterocycles. The summed E-state index contributed by atoms with van der Waals surface area (Å²) in [5.41, 5.74) is 1.98. The van der Waals surface area contributed by atoms with Crippen LogP contribution in [-0.2, 0) is 6.61 Å². The van der Waals surface area contributed by atoms with Crippen LogP contribution in [0.15, 0.2) is 48.7 Å². The van der Waals surface area contributed by atoms with Crippen molar-refractivity contribution in [1.82, 2.24) is 15.3 Å². The van der Waals surface area contributed by atoms with Crippen molar-refractivity contribution in [3.8, 4) is 23.3 Å². The maximum atomic E-state index is 14.9. The molecule has 3 atom stereocenters. The van der Waals surface area contributed by atoms with E-state index >= 15 is 0 Å². The van der Waals surface area contributed by atoms with Crippen LogP contribution in [0.2, 0.25) is 10.2 Å². The van der Waals surface area contributed by atoms with E-state index in [1.165, 1.54) is 44.8 Å². The highest BCUT2D eigenvalue weighted by molar-refractivity contribution is 6.33. The van der Waals surface area contributed by atoms with E-state index in [2.05, 4.69) is 33.6 Å². The first-order valence-electron chi connectivity index (χ1n) is 14.1. The molecule has 43 heavy (non-hydrogen) atoms. The minimum Gasteiger partial charge on any atom is -0.493 e. The van der Waals surface area contributed by atoms with Gasteiger partial charge >= 0.3 is 0 Å². The number of ether oxygens (including phenoxy) is 3. The van der Waals surface area contributed by atoms with Crippen LogP contribution in [0.5, 0.6) is 17.2 Å². The van der Waals surface area contributed by atoms with Crippen molar-refractivity contribution in [3.05, 3.63) is 75.9 Å². The average Bonchev–Trinajstić information content (AvgIpc) is 3.54. The lowest BCUT2D eigenvalue weighted by Crippen LogP contribution is -2.25. The summed E-state index contributed by atoms with van der Waals surface area (Å²) in [5, 5.41) is 17.3. The van der Waals surface area contributed by atoms with Crippen molar-refractivity contribution in [1.29, 1.82) is 5.26 Å². The number of nitriles is 1. The Hall–Kier alpha value is -3.84. The molecule has 3 heterocycles. The number of rotatable bonds is 8. The van der Waals surface area contributed by atoms with Gasteiger partial charge in [-0.2, -0.15) is 5.26 Å². The smallest absolute Gasteiger partial charge is 0.167 e. The zero-order valence-corrected chi connectivity index (χ0v) is 25.6. The van der Waals surface area contributed by atoms with Crippen LogP contribution in [0.4, 0.5) is 15.8 Å². The van der Waals surface area contributed by atoms with E-state index in [0.29, 0.717) is 45.5 Å². The Labute approximate surface area is 260 Å². The highest BCUT2D eigenvalue weighted by Crippen LogP contribution is 2.39. The molecule has 4 aromatic rings. The van der Waals surface area contributed by atoms with Crippen LogP contribution >= 0.6 is 23.2 Å². The highest BCUT2D eigenvalue weighted by Gasteiger charge is 2.37. The number of pyridine rings is 2. The van der Waals surface area contributed by atoms with E-state index < -0.39 is 5.82 Å². The minimum absolute atomic E-state index is 0.0100. The third kappa shape index (κ3) is 6.88. The molecule has 11 heteroatoms. The molecule has 2 bridgehead atoms. The lowest BCUT2D eigenvalue weighted by Gasteiger charge is -2.16. The van der Waals surface area contributed by atoms with Gasteiger partial charge in [0.1, 0.15) is 17.8 Å². The maximum Gasteiger partial charge on any atom is 0.167 e. The van der Waals surface area contributed by atoms with Gasteiger partial charge in [0.05, 0.1) is 46.9 Å². The Morgan fingerprint density at radius 1 is 1.12 bits per heavy atom. The Morgan fingerprint density at radius 3 is 2.56 bits per heavy atom. The number of anilines is 2. The van der Waals surface area contributed by atoms with Crippen molar-refractivity contribution in [2.75, 3.05) is 25.6 Å². The molecule has 0 radical (unpaired) electrons. The zero-order chi connectivity index (χ0) is 30.5. The van der Waals surface area contributed by atoms with Crippen molar-refractivity contribution in [2.24, 2.45) is 11.8 Å². The van der Waals surface area contributed by atoms with Gasteiger partial charge in [0.15, 0.2) is 23.1 Å². The summed E-state index contributed by atoms with van der Waals surface area (Å²) in [5.74, 6) is 2.30. The van der Waals surface area contributed by atoms with Crippen LogP contribution in [0.1, 0.15) is 37.9 Å².